The number of alkyl halides is 6. The molecule has 0 atom stereocenters. The van der Waals surface area contributed by atoms with E-state index in [0.717, 1.165) is 56.3 Å². The van der Waals surface area contributed by atoms with Gasteiger partial charge in [0.05, 0.1) is 36.7 Å². The number of imidazole rings is 2. The van der Waals surface area contributed by atoms with Gasteiger partial charge in [0.15, 0.2) is 17.1 Å². The first-order valence-electron chi connectivity index (χ1n) is 28.8. The third-order valence-corrected chi connectivity index (χ3v) is 15.2. The number of hydrogen-bond donors (Lipinski definition) is 5. The summed E-state index contributed by atoms with van der Waals surface area (Å²) in [5, 5.41) is 26.9. The zero-order valence-corrected chi connectivity index (χ0v) is 49.2. The second kappa shape index (κ2) is 29.4. The minimum atomic E-state index is -4.59. The van der Waals surface area contributed by atoms with Crippen LogP contribution in [0.3, 0.4) is 0 Å². The number of nitrogens with one attached hydrogen (secondary N) is 4. The minimum Gasteiger partial charge on any atom is -0.400 e. The molecule has 0 saturated carbocycles. The molecule has 0 aliphatic carbocycles. The maximum absolute atomic E-state index is 14.0. The largest absolute Gasteiger partial charge is 0.416 e. The number of nitrogens with zero attached hydrogens (tertiary/aromatic N) is 8. The van der Waals surface area contributed by atoms with Gasteiger partial charge in [0.2, 0.25) is 0 Å². The van der Waals surface area contributed by atoms with E-state index in [0.29, 0.717) is 99.1 Å². The summed E-state index contributed by atoms with van der Waals surface area (Å²) in [4.78, 5) is 50.4. The Hall–Kier alpha value is -8.85. The summed E-state index contributed by atoms with van der Waals surface area (Å²) < 4.78 is 98.6. The molecule has 4 aromatic heterocycles. The van der Waals surface area contributed by atoms with Crippen molar-refractivity contribution < 1.29 is 55.3 Å². The van der Waals surface area contributed by atoms with E-state index in [1.54, 1.807) is 82.3 Å². The Kier molecular flexibility index (Phi) is 21.4. The van der Waals surface area contributed by atoms with Crippen molar-refractivity contribution in [3.63, 3.8) is 0 Å². The number of carbonyl (C=O) groups is 3. The Morgan fingerprint density at radius 3 is 1.47 bits per heavy atom. The second-order valence-corrected chi connectivity index (χ2v) is 21.3. The zero-order chi connectivity index (χ0) is 63.1. The molecule has 3 aliphatic rings. The fourth-order valence-electron chi connectivity index (χ4n) is 10.3. The highest BCUT2D eigenvalue weighted by Crippen LogP contribution is 2.36. The standard InChI is InChI=1S/C33H33F3N6O3.C31H29F3N6O2.CH4O/c1-23-4-5-25(19-24(23)7-9-28-22-38-30-3-2-12-39-42(28)30)31(43)40-27-8-6-26(29(20-27)33(34,35)36)21-37-13-16-41-14-10-32(11-15-41)44-17-18-45-32;1-21-4-5-23(17-22(21)7-9-26-20-36-29-3-2-12-37-40(26)29)30(42)38-25-8-6-24(28(18-25)31(32,33)34)19-35-13-16-39-14-10-27(41)11-15-39;1-2/h2-6,8,12,19-20,22,37H,10-11,13-18,21H2,1H3,(H,40,43);2-6,8,12,17-18,20,35H,10-11,13-16,19H2,1H3,(H,38,42);2H,1H3. The number of ketones is 1. The van der Waals surface area contributed by atoms with Crippen molar-refractivity contribution in [2.24, 2.45) is 0 Å². The van der Waals surface area contributed by atoms with Gasteiger partial charge < -0.3 is 45.6 Å². The molecule has 5 N–H and O–H groups in total. The lowest BCUT2D eigenvalue weighted by atomic mass is 10.0. The highest BCUT2D eigenvalue weighted by atomic mass is 19.4. The summed E-state index contributed by atoms with van der Waals surface area (Å²) in [6.07, 6.45) is -0.0782. The van der Waals surface area contributed by atoms with Gasteiger partial charge in [0.25, 0.3) is 11.8 Å². The molecule has 18 nitrogen and oxygen atoms in total. The maximum atomic E-state index is 14.0. The molecule has 8 aromatic rings. The van der Waals surface area contributed by atoms with E-state index in [4.69, 9.17) is 14.6 Å². The lowest BCUT2D eigenvalue weighted by Crippen LogP contribution is -2.46. The van der Waals surface area contributed by atoms with Crippen molar-refractivity contribution in [2.75, 3.05) is 83.3 Å². The van der Waals surface area contributed by atoms with Gasteiger partial charge in [-0.25, -0.2) is 19.0 Å². The van der Waals surface area contributed by atoms with E-state index in [1.165, 1.54) is 24.3 Å². The van der Waals surface area contributed by atoms with Gasteiger partial charge in [0.1, 0.15) is 17.2 Å². The Balaban J connectivity index is 0.000000206. The minimum absolute atomic E-state index is 0.0256. The summed E-state index contributed by atoms with van der Waals surface area (Å²) in [6, 6.07) is 24.8. The number of piperidine rings is 2. The van der Waals surface area contributed by atoms with Crippen LogP contribution in [0.2, 0.25) is 0 Å². The predicted molar refractivity (Wildman–Crippen MR) is 322 cm³/mol. The van der Waals surface area contributed by atoms with Crippen molar-refractivity contribution in [3.8, 4) is 23.7 Å². The number of carbonyl (C=O) groups excluding carboxylic acids is 3. The van der Waals surface area contributed by atoms with Crippen LogP contribution in [0.5, 0.6) is 0 Å². The number of ether oxygens (including phenoxy) is 2. The van der Waals surface area contributed by atoms with Gasteiger partial charge in [-0.3, -0.25) is 14.4 Å². The number of aromatic nitrogens is 6. The molecule has 4 aromatic carbocycles. The summed E-state index contributed by atoms with van der Waals surface area (Å²) >= 11 is 0. The van der Waals surface area contributed by atoms with Gasteiger partial charge in [-0.1, -0.05) is 36.1 Å². The van der Waals surface area contributed by atoms with E-state index in [9.17, 15) is 40.7 Å². The van der Waals surface area contributed by atoms with Crippen LogP contribution in [0.15, 0.2) is 122 Å². The average Bonchev–Trinajstić information content (AvgIpc) is 3.26. The highest BCUT2D eigenvalue weighted by Gasteiger charge is 2.40. The number of aryl methyl sites for hydroxylation is 2. The number of aliphatic hydroxyl groups excluding tert-OH is 1. The van der Waals surface area contributed by atoms with Gasteiger partial charge >= 0.3 is 12.4 Å². The first-order valence-corrected chi connectivity index (χ1v) is 28.8. The van der Waals surface area contributed by atoms with E-state index in [2.05, 4.69) is 74.9 Å². The number of fused-ring (bicyclic) bond motifs is 2. The van der Waals surface area contributed by atoms with Crippen molar-refractivity contribution in [2.45, 2.75) is 70.8 Å². The summed E-state index contributed by atoms with van der Waals surface area (Å²) in [6.45, 7) is 10.4. The van der Waals surface area contributed by atoms with E-state index in [1.807, 2.05) is 26.0 Å². The number of hydrogen-bond acceptors (Lipinski definition) is 14. The number of likely N-dealkylation sites (tertiary alicyclic amines) is 2. The molecule has 1 spiro atoms. The predicted octanol–water partition coefficient (Wildman–Crippen LogP) is 8.71. The topological polar surface area (TPSA) is 205 Å². The van der Waals surface area contributed by atoms with Gasteiger partial charge in [-0.15, -0.1) is 0 Å². The molecule has 3 fully saturated rings. The number of aliphatic hydroxyl groups is 1. The fourth-order valence-corrected chi connectivity index (χ4v) is 10.3. The smallest absolute Gasteiger partial charge is 0.400 e. The average molecular weight is 1230 g/mol. The van der Waals surface area contributed by atoms with Crippen LogP contribution < -0.4 is 21.3 Å². The summed E-state index contributed by atoms with van der Waals surface area (Å²) in [7, 11) is 1.00. The normalized spacial score (nSPS) is 15.1. The molecular weight excluding hydrogens is 1160 g/mol. The summed E-state index contributed by atoms with van der Waals surface area (Å²) in [5.41, 5.74) is 4.60. The molecule has 2 amide bonds. The second-order valence-electron chi connectivity index (χ2n) is 21.3. The van der Waals surface area contributed by atoms with Crippen LogP contribution in [0, 0.1) is 37.5 Å². The molecule has 24 heteroatoms. The van der Waals surface area contributed by atoms with Crippen LogP contribution in [-0.4, -0.2) is 140 Å². The molecule has 7 heterocycles. The molecule has 464 valence electrons. The number of anilines is 2. The van der Waals surface area contributed by atoms with Crippen LogP contribution in [0.4, 0.5) is 37.7 Å². The van der Waals surface area contributed by atoms with E-state index in [-0.39, 0.29) is 52.5 Å². The number of halogens is 6. The Morgan fingerprint density at radius 2 is 1.03 bits per heavy atom. The molecule has 89 heavy (non-hydrogen) atoms. The molecule has 0 radical (unpaired) electrons. The Morgan fingerprint density at radius 1 is 0.596 bits per heavy atom. The van der Waals surface area contributed by atoms with E-state index >= 15 is 0 Å². The first-order chi connectivity index (χ1) is 42.9. The van der Waals surface area contributed by atoms with Crippen LogP contribution in [0.1, 0.15) is 102 Å². The van der Waals surface area contributed by atoms with Crippen molar-refractivity contribution in [1.82, 2.24) is 49.6 Å². The van der Waals surface area contributed by atoms with E-state index < -0.39 is 41.1 Å². The number of amides is 2. The molecule has 3 aliphatic heterocycles. The zero-order valence-electron chi connectivity index (χ0n) is 49.2. The third kappa shape index (κ3) is 17.1. The number of Topliss-reactive ketones (excluding diaryl/α,β-unsaturated/α-hetero) is 1. The van der Waals surface area contributed by atoms with Crippen molar-refractivity contribution >= 4 is 40.3 Å². The monoisotopic (exact) mass is 1220 g/mol. The first kappa shape index (κ1) is 64.6. The third-order valence-electron chi connectivity index (χ3n) is 15.2. The Bertz CT molecular complexity index is 3930. The SMILES string of the molecule is CO.Cc1ccc(C(=O)Nc2ccc(CNCCN3CCC(=O)CC3)c(C(F)(F)F)c2)cc1C#Cc1cnc2cccnn12.Cc1ccc(C(=O)Nc2ccc(CNCCN3CCC4(CC3)OCCO4)c(C(F)(F)F)c2)cc1C#Cc1cnc2cccnn12. The molecule has 3 saturated heterocycles. The van der Waals surface area contributed by atoms with Crippen LogP contribution in [-0.2, 0) is 39.7 Å². The van der Waals surface area contributed by atoms with Crippen LogP contribution in [0.25, 0.3) is 11.3 Å². The Labute approximate surface area is 510 Å². The van der Waals surface area contributed by atoms with Gasteiger partial charge in [-0.05, 0) is 121 Å². The number of rotatable bonds is 14. The molecule has 11 rings (SSSR count). The maximum Gasteiger partial charge on any atom is 0.416 e. The van der Waals surface area contributed by atoms with Crippen molar-refractivity contribution in [3.05, 3.63) is 189 Å². The van der Waals surface area contributed by atoms with Crippen molar-refractivity contribution in [1.29, 1.82) is 0 Å². The fraction of sp³-hybridized carbons (Fsp3) is 0.338. The molecule has 0 unspecified atom stereocenters. The van der Waals surface area contributed by atoms with Gasteiger partial charge in [0, 0.05) is 144 Å². The lowest BCUT2D eigenvalue weighted by molar-refractivity contribution is -0.185. The molecule has 0 bridgehead atoms. The lowest BCUT2D eigenvalue weighted by Gasteiger charge is -2.37. The van der Waals surface area contributed by atoms with Crippen LogP contribution >= 0.6 is 0 Å². The molecular formula is C65H66F6N12O6. The quantitative estimate of drug-likeness (QED) is 0.0393. The van der Waals surface area contributed by atoms with Gasteiger partial charge in [-0.2, -0.15) is 36.5 Å². The summed E-state index contributed by atoms with van der Waals surface area (Å²) in [5.74, 6) is 10.9. The number of benzene rings is 4. The highest BCUT2D eigenvalue weighted by molar-refractivity contribution is 6.05.